The van der Waals surface area contributed by atoms with E-state index in [4.69, 9.17) is 4.42 Å². The molecule has 0 fully saturated rings. The maximum Gasteiger partial charge on any atom is 0.189 e. The number of hydrogen-bond donors (Lipinski definition) is 0. The smallest absolute Gasteiger partial charge is 0.189 e. The Balaban J connectivity index is 1.66. The van der Waals surface area contributed by atoms with E-state index in [9.17, 15) is 9.59 Å². The molecule has 0 N–H and O–H groups in total. The van der Waals surface area contributed by atoms with Gasteiger partial charge in [0.15, 0.2) is 11.6 Å². The Morgan fingerprint density at radius 2 is 1.36 bits per heavy atom. The molecule has 0 aliphatic rings. The second-order valence-electron chi connectivity index (χ2n) is 6.72. The summed E-state index contributed by atoms with van der Waals surface area (Å²) in [4.78, 5) is 26.8. The maximum absolute atomic E-state index is 12.3. The molecule has 2 heterocycles. The Morgan fingerprint density at radius 3 is 1.79 bits per heavy atom. The van der Waals surface area contributed by atoms with Gasteiger partial charge in [-0.15, -0.1) is 11.3 Å². The van der Waals surface area contributed by atoms with Gasteiger partial charge >= 0.3 is 0 Å². The number of furan rings is 1. The molecule has 2 aromatic heterocycles. The number of thiophene rings is 1. The second-order valence-corrected chi connectivity index (χ2v) is 8.18. The number of carbonyl (C=O) groups excluding carboxylic acids is 2. The zero-order chi connectivity index (χ0) is 20.3. The van der Waals surface area contributed by atoms with Gasteiger partial charge in [-0.1, -0.05) is 36.4 Å². The third-order valence-corrected chi connectivity index (χ3v) is 5.37. The van der Waals surface area contributed by atoms with E-state index in [2.05, 4.69) is 0 Å². The van der Waals surface area contributed by atoms with Crippen LogP contribution in [0.4, 0.5) is 0 Å². The van der Waals surface area contributed by atoms with Crippen molar-refractivity contribution in [3.05, 3.63) is 92.1 Å². The average molecular weight is 391 g/mol. The topological polar surface area (TPSA) is 47.3 Å². The monoisotopic (exact) mass is 390 g/mol. The first-order valence-corrected chi connectivity index (χ1v) is 9.84. The fraction of sp³-hybridized carbons (Fsp3) is 0.167. The molecule has 1 aromatic carbocycles. The number of ketones is 2. The molecule has 3 nitrogen and oxygen atoms in total. The van der Waals surface area contributed by atoms with Gasteiger partial charge in [0.1, 0.15) is 11.5 Å². The van der Waals surface area contributed by atoms with Crippen LogP contribution in [0.3, 0.4) is 0 Å². The van der Waals surface area contributed by atoms with Gasteiger partial charge in [0.2, 0.25) is 0 Å². The first-order valence-electron chi connectivity index (χ1n) is 9.02. The van der Waals surface area contributed by atoms with E-state index in [1.165, 1.54) is 0 Å². The summed E-state index contributed by atoms with van der Waals surface area (Å²) in [5.41, 5.74) is 3.20. The van der Waals surface area contributed by atoms with Crippen molar-refractivity contribution >= 4 is 35.1 Å². The number of benzene rings is 1. The van der Waals surface area contributed by atoms with Crippen LogP contribution in [0.1, 0.15) is 53.1 Å². The highest BCUT2D eigenvalue weighted by molar-refractivity contribution is 7.12. The largest absolute Gasteiger partial charge is 0.466 e. The molecule has 0 bridgehead atoms. The summed E-state index contributed by atoms with van der Waals surface area (Å²) in [7, 11) is 0. The highest BCUT2D eigenvalue weighted by atomic mass is 32.1. The molecule has 0 spiro atoms. The van der Waals surface area contributed by atoms with Crippen molar-refractivity contribution in [1.82, 2.24) is 0 Å². The van der Waals surface area contributed by atoms with Gasteiger partial charge in [-0.05, 0) is 63.1 Å². The van der Waals surface area contributed by atoms with Crippen LogP contribution in [0.5, 0.6) is 0 Å². The standard InChI is InChI=1S/C24H22O3S/c1-15-13-21(17(3)27-15)23(25)11-9-19-5-7-20(8-6-19)10-12-24(26)22-14-16(2)28-18(22)4/h5-14H,1-4H3/b11-9+,12-10+. The average Bonchev–Trinajstić information content (AvgIpc) is 3.18. The minimum atomic E-state index is -0.0784. The van der Waals surface area contributed by atoms with Crippen molar-refractivity contribution in [2.75, 3.05) is 0 Å². The van der Waals surface area contributed by atoms with Gasteiger partial charge in [-0.2, -0.15) is 0 Å². The van der Waals surface area contributed by atoms with Crippen molar-refractivity contribution in [2.45, 2.75) is 27.7 Å². The summed E-state index contributed by atoms with van der Waals surface area (Å²) >= 11 is 1.63. The lowest BCUT2D eigenvalue weighted by Crippen LogP contribution is -1.94. The zero-order valence-corrected chi connectivity index (χ0v) is 17.2. The number of hydrogen-bond acceptors (Lipinski definition) is 4. The first kappa shape index (κ1) is 19.8. The number of aryl methyl sites for hydroxylation is 4. The zero-order valence-electron chi connectivity index (χ0n) is 16.4. The van der Waals surface area contributed by atoms with E-state index >= 15 is 0 Å². The third-order valence-electron chi connectivity index (χ3n) is 4.40. The van der Waals surface area contributed by atoms with Crippen molar-refractivity contribution < 1.29 is 14.0 Å². The lowest BCUT2D eigenvalue weighted by molar-refractivity contribution is 0.103. The van der Waals surface area contributed by atoms with E-state index in [0.717, 1.165) is 32.2 Å². The predicted molar refractivity (Wildman–Crippen MR) is 115 cm³/mol. The van der Waals surface area contributed by atoms with Crippen LogP contribution in [0, 0.1) is 27.7 Å². The van der Waals surface area contributed by atoms with Gasteiger partial charge in [0.05, 0.1) is 5.56 Å². The molecule has 0 saturated heterocycles. The normalized spacial score (nSPS) is 11.6. The minimum absolute atomic E-state index is 0.0159. The Morgan fingerprint density at radius 1 is 0.821 bits per heavy atom. The Labute approximate surface area is 169 Å². The summed E-state index contributed by atoms with van der Waals surface area (Å²) in [5.74, 6) is 1.30. The van der Waals surface area contributed by atoms with Crippen molar-refractivity contribution in [2.24, 2.45) is 0 Å². The fourth-order valence-electron chi connectivity index (χ4n) is 2.99. The van der Waals surface area contributed by atoms with Crippen molar-refractivity contribution in [3.8, 4) is 0 Å². The van der Waals surface area contributed by atoms with Crippen molar-refractivity contribution in [3.63, 3.8) is 0 Å². The highest BCUT2D eigenvalue weighted by Gasteiger charge is 2.10. The van der Waals surface area contributed by atoms with Crippen LogP contribution in [0.2, 0.25) is 0 Å². The fourth-order valence-corrected chi connectivity index (χ4v) is 3.92. The molecule has 4 heteroatoms. The number of rotatable bonds is 6. The molecule has 3 rings (SSSR count). The Kier molecular flexibility index (Phi) is 5.90. The molecular weight excluding hydrogens is 368 g/mol. The molecule has 0 aliphatic carbocycles. The summed E-state index contributed by atoms with van der Waals surface area (Å²) in [6, 6.07) is 11.4. The van der Waals surface area contributed by atoms with Gasteiger partial charge in [-0.3, -0.25) is 9.59 Å². The number of allylic oxidation sites excluding steroid dienone is 2. The molecule has 0 amide bonds. The van der Waals surface area contributed by atoms with Crippen LogP contribution in [0.25, 0.3) is 12.2 Å². The second kappa shape index (κ2) is 8.36. The summed E-state index contributed by atoms with van der Waals surface area (Å²) in [6.07, 6.45) is 6.74. The van der Waals surface area contributed by atoms with Crippen LogP contribution < -0.4 is 0 Å². The Bertz CT molecular complexity index is 989. The SMILES string of the molecule is Cc1cc(C(=O)/C=C/c2ccc(/C=C/C(=O)c3cc(C)sc3C)cc2)c(C)o1. The molecule has 0 saturated carbocycles. The Hall–Kier alpha value is -2.98. The van der Waals surface area contributed by atoms with E-state index in [0.29, 0.717) is 11.3 Å². The molecule has 0 atom stereocenters. The lowest BCUT2D eigenvalue weighted by Gasteiger charge is -1.97. The highest BCUT2D eigenvalue weighted by Crippen LogP contribution is 2.21. The van der Waals surface area contributed by atoms with E-state index < -0.39 is 0 Å². The molecule has 28 heavy (non-hydrogen) atoms. The summed E-state index contributed by atoms with van der Waals surface area (Å²) in [5, 5.41) is 0. The summed E-state index contributed by atoms with van der Waals surface area (Å²) < 4.78 is 5.40. The van der Waals surface area contributed by atoms with E-state index in [1.807, 2.05) is 57.2 Å². The van der Waals surface area contributed by atoms with Gasteiger partial charge in [0.25, 0.3) is 0 Å². The molecule has 0 radical (unpaired) electrons. The van der Waals surface area contributed by atoms with Gasteiger partial charge in [0, 0.05) is 15.3 Å². The van der Waals surface area contributed by atoms with Gasteiger partial charge in [-0.25, -0.2) is 0 Å². The minimum Gasteiger partial charge on any atom is -0.466 e. The molecule has 142 valence electrons. The molecule has 0 aliphatic heterocycles. The molecule has 3 aromatic rings. The summed E-state index contributed by atoms with van der Waals surface area (Å²) in [6.45, 7) is 7.58. The molecular formula is C24H22O3S. The quantitative estimate of drug-likeness (QED) is 0.363. The third kappa shape index (κ3) is 4.65. The first-order chi connectivity index (χ1) is 13.3. The van der Waals surface area contributed by atoms with Gasteiger partial charge < -0.3 is 4.42 Å². The lowest BCUT2D eigenvalue weighted by atomic mass is 10.1. The predicted octanol–water partition coefficient (Wildman–Crippen LogP) is 6.37. The van der Waals surface area contributed by atoms with E-state index in [1.54, 1.807) is 42.6 Å². The van der Waals surface area contributed by atoms with Crippen LogP contribution in [0.15, 0.2) is 53.0 Å². The van der Waals surface area contributed by atoms with Crippen LogP contribution in [-0.4, -0.2) is 11.6 Å². The maximum atomic E-state index is 12.3. The molecule has 0 unspecified atom stereocenters. The number of carbonyl (C=O) groups is 2. The van der Waals surface area contributed by atoms with Crippen LogP contribution in [-0.2, 0) is 0 Å². The van der Waals surface area contributed by atoms with E-state index in [-0.39, 0.29) is 11.6 Å². The van der Waals surface area contributed by atoms with Crippen LogP contribution >= 0.6 is 11.3 Å². The van der Waals surface area contributed by atoms with Crippen molar-refractivity contribution in [1.29, 1.82) is 0 Å².